The molecule has 1 aliphatic rings. The predicted octanol–water partition coefficient (Wildman–Crippen LogP) is 5.08. The van der Waals surface area contributed by atoms with Gasteiger partial charge in [-0.1, -0.05) is 29.4 Å². The number of oxazole rings is 1. The Kier molecular flexibility index (Phi) is 4.53. The van der Waals surface area contributed by atoms with Gasteiger partial charge in [-0.25, -0.2) is 9.97 Å². The Bertz CT molecular complexity index is 1260. The van der Waals surface area contributed by atoms with Gasteiger partial charge in [0.1, 0.15) is 11.1 Å². The fourth-order valence-corrected chi connectivity index (χ4v) is 5.84. The van der Waals surface area contributed by atoms with Gasteiger partial charge in [-0.05, 0) is 43.0 Å². The molecule has 1 aliphatic carbocycles. The van der Waals surface area contributed by atoms with Crippen molar-refractivity contribution in [1.82, 2.24) is 14.5 Å². The van der Waals surface area contributed by atoms with Crippen molar-refractivity contribution in [3.05, 3.63) is 62.0 Å². The number of hydrogen-bond donors (Lipinski definition) is 0. The topological polar surface area (TPSA) is 60.9 Å². The molecule has 3 aromatic heterocycles. The number of rotatable bonds is 4. The molecule has 0 saturated carbocycles. The summed E-state index contributed by atoms with van der Waals surface area (Å²) in [4.78, 5) is 24.3. The van der Waals surface area contributed by atoms with Crippen molar-refractivity contribution in [3.63, 3.8) is 0 Å². The van der Waals surface area contributed by atoms with E-state index in [1.54, 1.807) is 29.2 Å². The van der Waals surface area contributed by atoms with E-state index in [9.17, 15) is 4.79 Å². The van der Waals surface area contributed by atoms with Crippen LogP contribution in [-0.4, -0.2) is 14.5 Å². The summed E-state index contributed by atoms with van der Waals surface area (Å²) in [6.45, 7) is 0. The summed E-state index contributed by atoms with van der Waals surface area (Å²) >= 11 is 9.19. The van der Waals surface area contributed by atoms with Gasteiger partial charge >= 0.3 is 0 Å². The molecule has 0 spiro atoms. The van der Waals surface area contributed by atoms with Crippen LogP contribution in [0.15, 0.2) is 44.9 Å². The third-order valence-corrected chi connectivity index (χ3v) is 7.36. The zero-order valence-electron chi connectivity index (χ0n) is 15.1. The quantitative estimate of drug-likeness (QED) is 0.334. The van der Waals surface area contributed by atoms with Crippen LogP contribution in [0.5, 0.6) is 0 Å². The number of thiophene rings is 1. The molecule has 8 heteroatoms. The molecule has 1 aromatic carbocycles. The summed E-state index contributed by atoms with van der Waals surface area (Å²) in [7, 11) is 1.79. The van der Waals surface area contributed by atoms with Crippen LogP contribution < -0.4 is 5.56 Å². The SMILES string of the molecule is Cn1c(SCc2coc(-c3cccc(Cl)c3)n2)nc2sc3c(c2c1=O)CCC3. The van der Waals surface area contributed by atoms with Gasteiger partial charge < -0.3 is 4.42 Å². The average molecular weight is 430 g/mol. The van der Waals surface area contributed by atoms with Crippen molar-refractivity contribution in [2.24, 2.45) is 7.05 Å². The van der Waals surface area contributed by atoms with Crippen LogP contribution >= 0.6 is 34.7 Å². The highest BCUT2D eigenvalue weighted by Gasteiger charge is 2.22. The van der Waals surface area contributed by atoms with Crippen LogP contribution in [0.1, 0.15) is 22.6 Å². The standard InChI is InChI=1S/C20H16ClN3O2S2/c1-24-19(25)16-14-6-3-7-15(14)28-18(16)23-20(24)27-10-13-9-26-17(22-13)11-4-2-5-12(21)8-11/h2,4-5,8-9H,3,6-7,10H2,1H3. The van der Waals surface area contributed by atoms with Crippen molar-refractivity contribution >= 4 is 44.9 Å². The predicted molar refractivity (Wildman–Crippen MR) is 113 cm³/mol. The first-order chi connectivity index (χ1) is 13.6. The Morgan fingerprint density at radius 3 is 3.07 bits per heavy atom. The lowest BCUT2D eigenvalue weighted by molar-refractivity contribution is 0.573. The minimum atomic E-state index is 0.0478. The molecule has 0 N–H and O–H groups in total. The van der Waals surface area contributed by atoms with Crippen LogP contribution in [-0.2, 0) is 25.6 Å². The highest BCUT2D eigenvalue weighted by molar-refractivity contribution is 7.98. The van der Waals surface area contributed by atoms with E-state index in [0.29, 0.717) is 21.8 Å². The first-order valence-electron chi connectivity index (χ1n) is 8.94. The second-order valence-corrected chi connectivity index (χ2v) is 9.20. The smallest absolute Gasteiger partial charge is 0.262 e. The summed E-state index contributed by atoms with van der Waals surface area (Å²) in [5.74, 6) is 1.10. The fraction of sp³-hybridized carbons (Fsp3) is 0.250. The monoisotopic (exact) mass is 429 g/mol. The molecular weight excluding hydrogens is 414 g/mol. The van der Waals surface area contributed by atoms with Gasteiger partial charge in [-0.3, -0.25) is 9.36 Å². The van der Waals surface area contributed by atoms with Gasteiger partial charge in [0.05, 0.1) is 11.1 Å². The fourth-order valence-electron chi connectivity index (χ4n) is 3.50. The van der Waals surface area contributed by atoms with Crippen molar-refractivity contribution in [2.75, 3.05) is 0 Å². The number of halogens is 1. The summed E-state index contributed by atoms with van der Waals surface area (Å²) in [6, 6.07) is 7.40. The number of aromatic nitrogens is 3. The lowest BCUT2D eigenvalue weighted by atomic mass is 10.2. The van der Waals surface area contributed by atoms with Gasteiger partial charge in [0.25, 0.3) is 5.56 Å². The Morgan fingerprint density at radius 1 is 1.32 bits per heavy atom. The maximum atomic E-state index is 12.9. The summed E-state index contributed by atoms with van der Waals surface area (Å²) in [5, 5.41) is 2.15. The molecule has 0 atom stereocenters. The molecule has 4 aromatic rings. The maximum Gasteiger partial charge on any atom is 0.262 e. The Labute approximate surface area is 174 Å². The normalized spacial score (nSPS) is 13.4. The lowest BCUT2D eigenvalue weighted by Gasteiger charge is -2.06. The minimum Gasteiger partial charge on any atom is -0.444 e. The number of thioether (sulfide) groups is 1. The van der Waals surface area contributed by atoms with Crippen LogP contribution in [0.4, 0.5) is 0 Å². The number of nitrogens with zero attached hydrogens (tertiary/aromatic N) is 3. The van der Waals surface area contributed by atoms with E-state index < -0.39 is 0 Å². The van der Waals surface area contributed by atoms with E-state index in [1.165, 1.54) is 22.2 Å². The van der Waals surface area contributed by atoms with Crippen LogP contribution in [0.2, 0.25) is 5.02 Å². The molecule has 142 valence electrons. The minimum absolute atomic E-state index is 0.0478. The van der Waals surface area contributed by atoms with Gasteiger partial charge in [0.2, 0.25) is 5.89 Å². The van der Waals surface area contributed by atoms with E-state index in [2.05, 4.69) is 4.98 Å². The van der Waals surface area contributed by atoms with Crippen molar-refractivity contribution in [3.8, 4) is 11.5 Å². The van der Waals surface area contributed by atoms with Crippen molar-refractivity contribution in [2.45, 2.75) is 30.2 Å². The molecule has 0 saturated heterocycles. The number of fused-ring (bicyclic) bond motifs is 3. The molecule has 0 amide bonds. The first kappa shape index (κ1) is 18.0. The second-order valence-electron chi connectivity index (χ2n) is 6.74. The summed E-state index contributed by atoms with van der Waals surface area (Å²) in [5.41, 5.74) is 2.89. The Hall–Kier alpha value is -2.09. The molecule has 0 unspecified atom stereocenters. The van der Waals surface area contributed by atoms with Gasteiger partial charge in [0.15, 0.2) is 5.16 Å². The van der Waals surface area contributed by atoms with E-state index in [-0.39, 0.29) is 5.56 Å². The zero-order valence-corrected chi connectivity index (χ0v) is 17.5. The maximum absolute atomic E-state index is 12.9. The van der Waals surface area contributed by atoms with Crippen LogP contribution in [0.3, 0.4) is 0 Å². The average Bonchev–Trinajstić information content (AvgIpc) is 3.39. The first-order valence-corrected chi connectivity index (χ1v) is 11.1. The largest absolute Gasteiger partial charge is 0.444 e. The van der Waals surface area contributed by atoms with Crippen LogP contribution in [0.25, 0.3) is 21.7 Å². The third-order valence-electron chi connectivity index (χ3n) is 4.88. The molecule has 0 bridgehead atoms. The van der Waals surface area contributed by atoms with E-state index in [4.69, 9.17) is 21.0 Å². The Balaban J connectivity index is 1.41. The van der Waals surface area contributed by atoms with Gasteiger partial charge in [-0.2, -0.15) is 0 Å². The zero-order chi connectivity index (χ0) is 19.3. The molecule has 5 nitrogen and oxygen atoms in total. The summed E-state index contributed by atoms with van der Waals surface area (Å²) in [6.07, 6.45) is 4.83. The number of aryl methyl sites for hydroxylation is 2. The van der Waals surface area contributed by atoms with E-state index >= 15 is 0 Å². The van der Waals surface area contributed by atoms with E-state index in [0.717, 1.165) is 40.7 Å². The van der Waals surface area contributed by atoms with Crippen molar-refractivity contribution < 1.29 is 4.42 Å². The molecule has 28 heavy (non-hydrogen) atoms. The van der Waals surface area contributed by atoms with Gasteiger partial charge in [-0.15, -0.1) is 11.3 Å². The highest BCUT2D eigenvalue weighted by atomic mass is 35.5. The van der Waals surface area contributed by atoms with Crippen LogP contribution in [0, 0.1) is 0 Å². The lowest BCUT2D eigenvalue weighted by Crippen LogP contribution is -2.20. The summed E-state index contributed by atoms with van der Waals surface area (Å²) < 4.78 is 7.24. The molecule has 5 rings (SSSR count). The highest BCUT2D eigenvalue weighted by Crippen LogP contribution is 2.35. The molecule has 3 heterocycles. The molecule has 0 aliphatic heterocycles. The van der Waals surface area contributed by atoms with Gasteiger partial charge in [0, 0.05) is 28.3 Å². The molecular formula is C20H16ClN3O2S2. The Morgan fingerprint density at radius 2 is 2.21 bits per heavy atom. The molecule has 0 fully saturated rings. The molecule has 0 radical (unpaired) electrons. The van der Waals surface area contributed by atoms with Crippen molar-refractivity contribution in [1.29, 1.82) is 0 Å². The second kappa shape index (κ2) is 7.06. The van der Waals surface area contributed by atoms with E-state index in [1.807, 2.05) is 24.3 Å². The third kappa shape index (κ3) is 3.07. The number of hydrogen-bond acceptors (Lipinski definition) is 6. The number of benzene rings is 1.